The van der Waals surface area contributed by atoms with E-state index in [1.165, 1.54) is 25.3 Å². The van der Waals surface area contributed by atoms with Gasteiger partial charge in [0.1, 0.15) is 11.6 Å². The molecule has 0 aliphatic carbocycles. The molecule has 2 rings (SSSR count). The summed E-state index contributed by atoms with van der Waals surface area (Å²) in [5.41, 5.74) is 2.07. The zero-order chi connectivity index (χ0) is 14.7. The molecule has 0 fully saturated rings. The Hall–Kier alpha value is -2.43. The van der Waals surface area contributed by atoms with Crippen LogP contribution in [0.4, 0.5) is 10.1 Å². The SMILES string of the molecule is COc1ccc(C(=O)Nc2ccc(C)nc2C)c(F)c1. The molecule has 0 aliphatic rings. The van der Waals surface area contributed by atoms with Gasteiger partial charge in [-0.3, -0.25) is 9.78 Å². The first kappa shape index (κ1) is 14.0. The van der Waals surface area contributed by atoms with Gasteiger partial charge < -0.3 is 10.1 Å². The summed E-state index contributed by atoms with van der Waals surface area (Å²) in [6.45, 7) is 3.65. The fraction of sp³-hybridized carbons (Fsp3) is 0.200. The van der Waals surface area contributed by atoms with E-state index in [0.29, 0.717) is 17.1 Å². The van der Waals surface area contributed by atoms with E-state index in [0.717, 1.165) is 5.69 Å². The molecule has 0 atom stereocenters. The van der Waals surface area contributed by atoms with E-state index in [4.69, 9.17) is 4.74 Å². The van der Waals surface area contributed by atoms with Crippen LogP contribution in [0.5, 0.6) is 5.75 Å². The molecule has 1 aromatic heterocycles. The highest BCUT2D eigenvalue weighted by atomic mass is 19.1. The van der Waals surface area contributed by atoms with Crippen LogP contribution >= 0.6 is 0 Å². The zero-order valence-electron chi connectivity index (χ0n) is 11.5. The fourth-order valence-electron chi connectivity index (χ4n) is 1.82. The number of hydrogen-bond acceptors (Lipinski definition) is 3. The molecule has 2 aromatic rings. The van der Waals surface area contributed by atoms with Gasteiger partial charge in [0.05, 0.1) is 24.1 Å². The lowest BCUT2D eigenvalue weighted by Gasteiger charge is -2.09. The van der Waals surface area contributed by atoms with Crippen molar-refractivity contribution >= 4 is 11.6 Å². The number of benzene rings is 1. The fourth-order valence-corrected chi connectivity index (χ4v) is 1.82. The number of pyridine rings is 1. The molecule has 0 spiro atoms. The average Bonchev–Trinajstić information content (AvgIpc) is 2.41. The molecule has 1 aromatic carbocycles. The van der Waals surface area contributed by atoms with Crippen molar-refractivity contribution in [3.8, 4) is 5.75 Å². The summed E-state index contributed by atoms with van der Waals surface area (Å²) < 4.78 is 18.7. The monoisotopic (exact) mass is 274 g/mol. The van der Waals surface area contributed by atoms with E-state index in [-0.39, 0.29) is 5.56 Å². The van der Waals surface area contributed by atoms with Crippen LogP contribution in [0.25, 0.3) is 0 Å². The predicted octanol–water partition coefficient (Wildman–Crippen LogP) is 3.10. The number of halogens is 1. The topological polar surface area (TPSA) is 51.2 Å². The number of aromatic nitrogens is 1. The lowest BCUT2D eigenvalue weighted by Crippen LogP contribution is -2.15. The molecule has 1 amide bonds. The van der Waals surface area contributed by atoms with Crippen molar-refractivity contribution in [2.45, 2.75) is 13.8 Å². The predicted molar refractivity (Wildman–Crippen MR) is 74.6 cm³/mol. The summed E-state index contributed by atoms with van der Waals surface area (Å²) >= 11 is 0. The standard InChI is InChI=1S/C15H15FN2O2/c1-9-4-7-14(10(2)17-9)18-15(19)12-6-5-11(20-3)8-13(12)16/h4-8H,1-3H3,(H,18,19). The van der Waals surface area contributed by atoms with Crippen LogP contribution in [0, 0.1) is 19.7 Å². The van der Waals surface area contributed by atoms with Crippen LogP contribution in [0.3, 0.4) is 0 Å². The minimum atomic E-state index is -0.625. The van der Waals surface area contributed by atoms with Crippen LogP contribution in [0.1, 0.15) is 21.7 Å². The number of methoxy groups -OCH3 is 1. The van der Waals surface area contributed by atoms with Gasteiger partial charge >= 0.3 is 0 Å². The molecule has 1 heterocycles. The number of carbonyl (C=O) groups excluding carboxylic acids is 1. The van der Waals surface area contributed by atoms with E-state index >= 15 is 0 Å². The summed E-state index contributed by atoms with van der Waals surface area (Å²) in [5.74, 6) is -0.772. The number of carbonyl (C=O) groups is 1. The number of amides is 1. The minimum absolute atomic E-state index is 0.0363. The highest BCUT2D eigenvalue weighted by Crippen LogP contribution is 2.19. The number of anilines is 1. The Balaban J connectivity index is 2.24. The normalized spacial score (nSPS) is 10.2. The van der Waals surface area contributed by atoms with E-state index < -0.39 is 11.7 Å². The van der Waals surface area contributed by atoms with Gasteiger partial charge in [0.25, 0.3) is 5.91 Å². The summed E-state index contributed by atoms with van der Waals surface area (Å²) in [6, 6.07) is 7.64. The number of nitrogens with one attached hydrogen (secondary N) is 1. The molecule has 104 valence electrons. The van der Waals surface area contributed by atoms with Gasteiger partial charge in [-0.05, 0) is 38.1 Å². The van der Waals surface area contributed by atoms with Gasteiger partial charge in [-0.2, -0.15) is 0 Å². The number of hydrogen-bond donors (Lipinski definition) is 1. The first-order valence-corrected chi connectivity index (χ1v) is 6.10. The van der Waals surface area contributed by atoms with Gasteiger partial charge in [0.2, 0.25) is 0 Å². The minimum Gasteiger partial charge on any atom is -0.497 e. The van der Waals surface area contributed by atoms with Crippen molar-refractivity contribution in [3.05, 3.63) is 53.1 Å². The smallest absolute Gasteiger partial charge is 0.258 e. The maximum Gasteiger partial charge on any atom is 0.258 e. The molecule has 0 radical (unpaired) electrons. The molecular weight excluding hydrogens is 259 g/mol. The summed E-state index contributed by atoms with van der Waals surface area (Å²) in [6.07, 6.45) is 0. The van der Waals surface area contributed by atoms with Crippen molar-refractivity contribution in [2.24, 2.45) is 0 Å². The third-order valence-corrected chi connectivity index (χ3v) is 2.89. The van der Waals surface area contributed by atoms with Crippen LogP contribution in [0.2, 0.25) is 0 Å². The number of nitrogens with zero attached hydrogens (tertiary/aromatic N) is 1. The highest BCUT2D eigenvalue weighted by Gasteiger charge is 2.14. The summed E-state index contributed by atoms with van der Waals surface area (Å²) in [7, 11) is 1.44. The van der Waals surface area contributed by atoms with Gasteiger partial charge in [0, 0.05) is 11.8 Å². The van der Waals surface area contributed by atoms with Gasteiger partial charge in [-0.25, -0.2) is 4.39 Å². The van der Waals surface area contributed by atoms with E-state index in [1.807, 2.05) is 6.92 Å². The van der Waals surface area contributed by atoms with E-state index in [9.17, 15) is 9.18 Å². The maximum atomic E-state index is 13.8. The molecule has 1 N–H and O–H groups in total. The molecule has 4 nitrogen and oxygen atoms in total. The molecular formula is C15H15FN2O2. The Labute approximate surface area is 116 Å². The van der Waals surface area contributed by atoms with Crippen molar-refractivity contribution in [3.63, 3.8) is 0 Å². The molecule has 0 unspecified atom stereocenters. The van der Waals surface area contributed by atoms with Crippen molar-refractivity contribution in [2.75, 3.05) is 12.4 Å². The maximum absolute atomic E-state index is 13.8. The Bertz CT molecular complexity index is 656. The highest BCUT2D eigenvalue weighted by molar-refractivity contribution is 6.04. The first-order chi connectivity index (χ1) is 9.51. The second-order valence-corrected chi connectivity index (χ2v) is 4.39. The third-order valence-electron chi connectivity index (χ3n) is 2.89. The molecule has 20 heavy (non-hydrogen) atoms. The zero-order valence-corrected chi connectivity index (χ0v) is 11.5. The Morgan fingerprint density at radius 2 is 2.00 bits per heavy atom. The third kappa shape index (κ3) is 2.93. The largest absolute Gasteiger partial charge is 0.497 e. The number of aryl methyl sites for hydroxylation is 2. The molecule has 0 saturated carbocycles. The molecule has 0 saturated heterocycles. The Morgan fingerprint density at radius 3 is 2.60 bits per heavy atom. The molecule has 0 aliphatic heterocycles. The molecule has 0 bridgehead atoms. The van der Waals surface area contributed by atoms with E-state index in [1.54, 1.807) is 19.1 Å². The second-order valence-electron chi connectivity index (χ2n) is 4.39. The van der Waals surface area contributed by atoms with Crippen LogP contribution in [0.15, 0.2) is 30.3 Å². The summed E-state index contributed by atoms with van der Waals surface area (Å²) in [5, 5.41) is 2.65. The first-order valence-electron chi connectivity index (χ1n) is 6.10. The Kier molecular flexibility index (Phi) is 3.98. The second kappa shape index (κ2) is 5.69. The Morgan fingerprint density at radius 1 is 1.25 bits per heavy atom. The van der Waals surface area contributed by atoms with Crippen molar-refractivity contribution < 1.29 is 13.9 Å². The van der Waals surface area contributed by atoms with Crippen LogP contribution in [-0.2, 0) is 0 Å². The van der Waals surface area contributed by atoms with Crippen molar-refractivity contribution in [1.29, 1.82) is 0 Å². The van der Waals surface area contributed by atoms with Crippen molar-refractivity contribution in [1.82, 2.24) is 4.98 Å². The summed E-state index contributed by atoms with van der Waals surface area (Å²) in [4.78, 5) is 16.3. The quantitative estimate of drug-likeness (QED) is 0.935. The van der Waals surface area contributed by atoms with E-state index in [2.05, 4.69) is 10.3 Å². The van der Waals surface area contributed by atoms with Gasteiger partial charge in [-0.15, -0.1) is 0 Å². The number of ether oxygens (including phenoxy) is 1. The average molecular weight is 274 g/mol. The van der Waals surface area contributed by atoms with Gasteiger partial charge in [-0.1, -0.05) is 0 Å². The lowest BCUT2D eigenvalue weighted by molar-refractivity contribution is 0.102. The van der Waals surface area contributed by atoms with Crippen LogP contribution in [-0.4, -0.2) is 18.0 Å². The molecule has 5 heteroatoms. The lowest BCUT2D eigenvalue weighted by atomic mass is 10.1. The van der Waals surface area contributed by atoms with Gasteiger partial charge in [0.15, 0.2) is 0 Å². The number of rotatable bonds is 3. The van der Waals surface area contributed by atoms with Crippen LogP contribution < -0.4 is 10.1 Å².